The Kier molecular flexibility index (Phi) is 3.94. The molecule has 0 atom stereocenters. The molecule has 0 unspecified atom stereocenters. The average Bonchev–Trinajstić information content (AvgIpc) is 2.04. The number of hydrogen-bond donors (Lipinski definition) is 3. The van der Waals surface area contributed by atoms with Crippen molar-refractivity contribution in [3.05, 3.63) is 0 Å². The van der Waals surface area contributed by atoms with Gasteiger partial charge in [0.2, 0.25) is 0 Å². The minimum absolute atomic E-state index is 0.507. The Morgan fingerprint density at radius 1 is 1.50 bits per heavy atom. The van der Waals surface area contributed by atoms with Crippen molar-refractivity contribution in [1.29, 1.82) is 0 Å². The van der Waals surface area contributed by atoms with Crippen molar-refractivity contribution in [1.82, 2.24) is 5.06 Å². The predicted octanol–water partition coefficient (Wildman–Crippen LogP) is -0.729. The fraction of sp³-hybridized carbons (Fsp3) is 0.833. The number of amides is 1. The van der Waals surface area contributed by atoms with Gasteiger partial charge in [0.15, 0.2) is 0 Å². The first-order chi connectivity index (χ1) is 5.51. The monoisotopic (exact) mass is 179 g/mol. The van der Waals surface area contributed by atoms with Crippen LogP contribution in [0.3, 0.4) is 0 Å². The van der Waals surface area contributed by atoms with Gasteiger partial charge in [0.05, 0.1) is 20.3 Å². The van der Waals surface area contributed by atoms with E-state index in [2.05, 4.69) is 4.84 Å². The molecule has 0 bridgehead atoms. The van der Waals surface area contributed by atoms with E-state index in [1.807, 2.05) is 0 Å². The van der Waals surface area contributed by atoms with Crippen molar-refractivity contribution in [2.75, 3.05) is 20.3 Å². The first kappa shape index (κ1) is 11.2. The number of carbonyl (C=O) groups is 1. The van der Waals surface area contributed by atoms with Gasteiger partial charge in [-0.1, -0.05) is 0 Å². The zero-order valence-electron chi connectivity index (χ0n) is 7.02. The Labute approximate surface area is 69.9 Å². The maximum absolute atomic E-state index is 10.5. The number of nitrogens with zero attached hydrogens (tertiary/aromatic N) is 1. The van der Waals surface area contributed by atoms with Crippen molar-refractivity contribution >= 4 is 6.09 Å². The molecule has 0 aromatic carbocycles. The van der Waals surface area contributed by atoms with Crippen LogP contribution in [0, 0.1) is 0 Å². The van der Waals surface area contributed by atoms with Crippen molar-refractivity contribution in [3.8, 4) is 0 Å². The van der Waals surface area contributed by atoms with Crippen LogP contribution in [0.25, 0.3) is 0 Å². The van der Waals surface area contributed by atoms with Crippen molar-refractivity contribution in [3.63, 3.8) is 0 Å². The Bertz CT molecular complexity index is 156. The smallest absolute Gasteiger partial charge is 0.432 e. The van der Waals surface area contributed by atoms with Gasteiger partial charge in [0.1, 0.15) is 5.54 Å². The third kappa shape index (κ3) is 2.07. The van der Waals surface area contributed by atoms with Gasteiger partial charge in [-0.3, -0.25) is 4.84 Å². The molecule has 0 heterocycles. The van der Waals surface area contributed by atoms with Crippen LogP contribution in [-0.4, -0.2) is 52.3 Å². The Morgan fingerprint density at radius 2 is 1.92 bits per heavy atom. The van der Waals surface area contributed by atoms with Crippen LogP contribution in [0.2, 0.25) is 0 Å². The number of hydrogen-bond acceptors (Lipinski definition) is 4. The van der Waals surface area contributed by atoms with Crippen LogP contribution < -0.4 is 0 Å². The van der Waals surface area contributed by atoms with E-state index in [0.29, 0.717) is 5.06 Å². The number of aliphatic hydroxyl groups excluding tert-OH is 2. The molecule has 3 N–H and O–H groups in total. The summed E-state index contributed by atoms with van der Waals surface area (Å²) in [6.07, 6.45) is -1.36. The highest BCUT2D eigenvalue weighted by atomic mass is 16.7. The molecule has 0 aromatic heterocycles. The summed E-state index contributed by atoms with van der Waals surface area (Å²) in [6, 6.07) is 0. The first-order valence-electron chi connectivity index (χ1n) is 3.31. The van der Waals surface area contributed by atoms with Gasteiger partial charge < -0.3 is 15.3 Å². The van der Waals surface area contributed by atoms with Gasteiger partial charge in [-0.25, -0.2) is 4.79 Å². The third-order valence-corrected chi connectivity index (χ3v) is 1.53. The lowest BCUT2D eigenvalue weighted by molar-refractivity contribution is -0.187. The molecule has 0 aliphatic heterocycles. The molecular formula is C6H13NO5. The molecule has 0 saturated carbocycles. The summed E-state index contributed by atoms with van der Waals surface area (Å²) in [7, 11) is 1.15. The van der Waals surface area contributed by atoms with Crippen LogP contribution in [-0.2, 0) is 4.84 Å². The van der Waals surface area contributed by atoms with Gasteiger partial charge in [0.25, 0.3) is 0 Å². The lowest BCUT2D eigenvalue weighted by atomic mass is 10.1. The van der Waals surface area contributed by atoms with Gasteiger partial charge in [-0.2, -0.15) is 5.06 Å². The molecule has 0 saturated heterocycles. The lowest BCUT2D eigenvalue weighted by Crippen LogP contribution is -2.53. The van der Waals surface area contributed by atoms with Crippen LogP contribution in [0.5, 0.6) is 0 Å². The Morgan fingerprint density at radius 3 is 2.00 bits per heavy atom. The molecule has 6 nitrogen and oxygen atoms in total. The molecule has 0 spiro atoms. The van der Waals surface area contributed by atoms with E-state index in [0.717, 1.165) is 7.11 Å². The quantitative estimate of drug-likeness (QED) is 0.495. The number of rotatable bonds is 4. The minimum Gasteiger partial charge on any atom is -0.463 e. The van der Waals surface area contributed by atoms with E-state index in [1.165, 1.54) is 6.92 Å². The summed E-state index contributed by atoms with van der Waals surface area (Å²) in [5.41, 5.74) is -1.30. The fourth-order valence-electron chi connectivity index (χ4n) is 0.708. The number of aliphatic hydroxyl groups is 2. The highest BCUT2D eigenvalue weighted by Crippen LogP contribution is 2.13. The minimum atomic E-state index is -1.36. The normalized spacial score (nSPS) is 11.3. The van der Waals surface area contributed by atoms with Crippen molar-refractivity contribution in [2.24, 2.45) is 0 Å². The molecule has 1 amide bonds. The number of carboxylic acid groups (broad SMARTS) is 1. The molecule has 72 valence electrons. The summed E-state index contributed by atoms with van der Waals surface area (Å²) < 4.78 is 0. The van der Waals surface area contributed by atoms with E-state index in [4.69, 9.17) is 15.3 Å². The van der Waals surface area contributed by atoms with Crippen molar-refractivity contribution < 1.29 is 25.0 Å². The standard InChI is InChI=1S/C6H13NO5/c1-6(3-8,4-9)7(12-2)5(10)11/h8-9H,3-4H2,1-2H3,(H,10,11). The fourth-order valence-corrected chi connectivity index (χ4v) is 0.708. The average molecular weight is 179 g/mol. The summed E-state index contributed by atoms with van der Waals surface area (Å²) in [5, 5.41) is 26.6. The van der Waals surface area contributed by atoms with Crippen LogP contribution in [0.15, 0.2) is 0 Å². The van der Waals surface area contributed by atoms with E-state index < -0.39 is 24.8 Å². The van der Waals surface area contributed by atoms with Crippen LogP contribution in [0.1, 0.15) is 6.92 Å². The maximum atomic E-state index is 10.5. The highest BCUT2D eigenvalue weighted by Gasteiger charge is 2.35. The molecule has 0 fully saturated rings. The summed E-state index contributed by atoms with van der Waals surface area (Å²) in [5.74, 6) is 0. The second kappa shape index (κ2) is 4.24. The zero-order chi connectivity index (χ0) is 9.78. The van der Waals surface area contributed by atoms with Gasteiger partial charge in [-0.15, -0.1) is 0 Å². The zero-order valence-corrected chi connectivity index (χ0v) is 7.02. The molecule has 0 rings (SSSR count). The lowest BCUT2D eigenvalue weighted by Gasteiger charge is -2.33. The van der Waals surface area contributed by atoms with E-state index in [9.17, 15) is 4.79 Å². The van der Waals surface area contributed by atoms with Crippen LogP contribution in [0.4, 0.5) is 4.79 Å². The highest BCUT2D eigenvalue weighted by molar-refractivity contribution is 5.64. The van der Waals surface area contributed by atoms with E-state index in [-0.39, 0.29) is 0 Å². The molecule has 0 aliphatic carbocycles. The first-order valence-corrected chi connectivity index (χ1v) is 3.31. The van der Waals surface area contributed by atoms with Gasteiger partial charge >= 0.3 is 6.09 Å². The SMILES string of the molecule is CON(C(=O)O)C(C)(CO)CO. The largest absolute Gasteiger partial charge is 0.463 e. The second-order valence-corrected chi connectivity index (χ2v) is 2.57. The molecular weight excluding hydrogens is 166 g/mol. The second-order valence-electron chi connectivity index (χ2n) is 2.57. The molecule has 0 radical (unpaired) electrons. The number of hydroxylamine groups is 2. The molecule has 0 aliphatic rings. The summed E-state index contributed by atoms with van der Waals surface area (Å²) >= 11 is 0. The molecule has 0 aromatic rings. The summed E-state index contributed by atoms with van der Waals surface area (Å²) in [6.45, 7) is 0.345. The van der Waals surface area contributed by atoms with Gasteiger partial charge in [0, 0.05) is 0 Å². The topological polar surface area (TPSA) is 90.2 Å². The molecule has 12 heavy (non-hydrogen) atoms. The van der Waals surface area contributed by atoms with E-state index >= 15 is 0 Å². The molecule has 6 heteroatoms. The Hall–Kier alpha value is -0.850. The van der Waals surface area contributed by atoms with Crippen molar-refractivity contribution in [2.45, 2.75) is 12.5 Å². The predicted molar refractivity (Wildman–Crippen MR) is 39.4 cm³/mol. The maximum Gasteiger partial charge on any atom is 0.432 e. The van der Waals surface area contributed by atoms with E-state index in [1.54, 1.807) is 0 Å². The third-order valence-electron chi connectivity index (χ3n) is 1.53. The van der Waals surface area contributed by atoms with Crippen LogP contribution >= 0.6 is 0 Å². The van der Waals surface area contributed by atoms with Gasteiger partial charge in [-0.05, 0) is 6.92 Å². The Balaban J connectivity index is 4.54. The summed E-state index contributed by atoms with van der Waals surface area (Å²) in [4.78, 5) is 14.9.